The number of alkyl halides is 3. The molecular formula is C25H26F4N6O3. The predicted octanol–water partition coefficient (Wildman–Crippen LogP) is 3.81. The Morgan fingerprint density at radius 1 is 1.08 bits per heavy atom. The highest BCUT2D eigenvalue weighted by atomic mass is 19.4. The number of halogens is 4. The van der Waals surface area contributed by atoms with E-state index in [0.717, 1.165) is 10.7 Å². The molecule has 1 saturated carbocycles. The average Bonchev–Trinajstić information content (AvgIpc) is 3.51. The van der Waals surface area contributed by atoms with E-state index < -0.39 is 46.3 Å². The number of urea groups is 1. The van der Waals surface area contributed by atoms with Crippen LogP contribution in [0.1, 0.15) is 43.9 Å². The first-order valence-electron chi connectivity index (χ1n) is 12.1. The van der Waals surface area contributed by atoms with Crippen LogP contribution < -0.4 is 21.3 Å². The highest BCUT2D eigenvalue weighted by molar-refractivity contribution is 6.06. The number of benzene rings is 1. The predicted molar refractivity (Wildman–Crippen MR) is 133 cm³/mol. The number of nitrogens with zero attached hydrogens (tertiary/aromatic N) is 5. The van der Waals surface area contributed by atoms with Crippen LogP contribution in [0.25, 0.3) is 10.8 Å². The number of pyridine rings is 1. The van der Waals surface area contributed by atoms with Crippen molar-refractivity contribution in [1.82, 2.24) is 19.2 Å². The van der Waals surface area contributed by atoms with Crippen molar-refractivity contribution in [3.05, 3.63) is 62.0 Å². The van der Waals surface area contributed by atoms with Gasteiger partial charge in [0.15, 0.2) is 5.82 Å². The third kappa shape index (κ3) is 4.00. The first kappa shape index (κ1) is 25.7. The second-order valence-electron chi connectivity index (χ2n) is 10.1. The fourth-order valence-corrected chi connectivity index (χ4v) is 4.83. The van der Waals surface area contributed by atoms with Gasteiger partial charge in [-0.25, -0.2) is 13.9 Å². The number of likely N-dealkylation sites (N-methyl/N-ethyl adjacent to an activating group) is 1. The Bertz CT molecular complexity index is 1590. The quantitative estimate of drug-likeness (QED) is 0.503. The Kier molecular flexibility index (Phi) is 5.80. The molecule has 0 unspecified atom stereocenters. The molecule has 5 rings (SSSR count). The SMILES string of the molecule is C[C@@H](Nc1nn(C)c(=O)c2c(N3CCN(C)C3=O)c(=O)n(C3(C)CC3)cc12)c1cccc(C(F)(F)F)c1F. The molecule has 202 valence electrons. The summed E-state index contributed by atoms with van der Waals surface area (Å²) in [6.45, 7) is 3.90. The van der Waals surface area contributed by atoms with E-state index in [1.54, 1.807) is 7.05 Å². The molecule has 1 saturated heterocycles. The molecule has 13 heteroatoms. The minimum absolute atomic E-state index is 0.0455. The fraction of sp³-hybridized carbons (Fsp3) is 0.440. The minimum Gasteiger partial charge on any atom is -0.361 e. The lowest BCUT2D eigenvalue weighted by atomic mass is 10.0. The number of hydrogen-bond donors (Lipinski definition) is 1. The fourth-order valence-electron chi connectivity index (χ4n) is 4.83. The van der Waals surface area contributed by atoms with Crippen molar-refractivity contribution in [2.45, 2.75) is 44.4 Å². The molecule has 2 fully saturated rings. The van der Waals surface area contributed by atoms with E-state index in [4.69, 9.17) is 0 Å². The Morgan fingerprint density at radius 3 is 2.34 bits per heavy atom. The molecule has 1 atom stereocenters. The molecule has 1 aliphatic carbocycles. The lowest BCUT2D eigenvalue weighted by Gasteiger charge is -2.24. The van der Waals surface area contributed by atoms with Crippen LogP contribution in [0.2, 0.25) is 0 Å². The zero-order valence-corrected chi connectivity index (χ0v) is 21.2. The average molecular weight is 535 g/mol. The number of aryl methyl sites for hydroxylation is 1. The van der Waals surface area contributed by atoms with Crippen LogP contribution in [0.4, 0.5) is 33.9 Å². The second kappa shape index (κ2) is 8.57. The topological polar surface area (TPSA) is 92.5 Å². The zero-order chi connectivity index (χ0) is 27.7. The van der Waals surface area contributed by atoms with Crippen LogP contribution in [0.15, 0.2) is 34.0 Å². The third-order valence-electron chi connectivity index (χ3n) is 7.39. The molecule has 1 aliphatic heterocycles. The lowest BCUT2D eigenvalue weighted by molar-refractivity contribution is -0.140. The summed E-state index contributed by atoms with van der Waals surface area (Å²) in [6.07, 6.45) is -1.97. The van der Waals surface area contributed by atoms with Gasteiger partial charge < -0.3 is 14.8 Å². The van der Waals surface area contributed by atoms with Crippen molar-refractivity contribution < 1.29 is 22.4 Å². The number of aromatic nitrogens is 3. The van der Waals surface area contributed by atoms with Gasteiger partial charge in [-0.1, -0.05) is 12.1 Å². The van der Waals surface area contributed by atoms with Gasteiger partial charge in [0.2, 0.25) is 0 Å². The van der Waals surface area contributed by atoms with Gasteiger partial charge in [-0.15, -0.1) is 0 Å². The second-order valence-corrected chi connectivity index (χ2v) is 10.1. The number of fused-ring (bicyclic) bond motifs is 1. The largest absolute Gasteiger partial charge is 0.419 e. The first-order chi connectivity index (χ1) is 17.7. The van der Waals surface area contributed by atoms with Crippen LogP contribution in [0, 0.1) is 5.82 Å². The monoisotopic (exact) mass is 534 g/mol. The Labute approximate surface area is 214 Å². The van der Waals surface area contributed by atoms with Crippen LogP contribution >= 0.6 is 0 Å². The van der Waals surface area contributed by atoms with Crippen molar-refractivity contribution in [2.75, 3.05) is 30.4 Å². The van der Waals surface area contributed by atoms with Crippen LogP contribution in [0.5, 0.6) is 0 Å². The molecule has 0 radical (unpaired) electrons. The smallest absolute Gasteiger partial charge is 0.361 e. The van der Waals surface area contributed by atoms with Crippen molar-refractivity contribution >= 4 is 28.3 Å². The maximum absolute atomic E-state index is 14.9. The van der Waals surface area contributed by atoms with Crippen LogP contribution in [-0.2, 0) is 18.8 Å². The van der Waals surface area contributed by atoms with E-state index in [1.165, 1.54) is 40.6 Å². The summed E-state index contributed by atoms with van der Waals surface area (Å²) in [6, 6.07) is 1.58. The minimum atomic E-state index is -4.87. The van der Waals surface area contributed by atoms with E-state index in [2.05, 4.69) is 10.4 Å². The van der Waals surface area contributed by atoms with Crippen molar-refractivity contribution in [3.8, 4) is 0 Å². The molecular weight excluding hydrogens is 508 g/mol. The molecule has 2 amide bonds. The molecule has 3 heterocycles. The summed E-state index contributed by atoms with van der Waals surface area (Å²) >= 11 is 0. The number of amides is 2. The summed E-state index contributed by atoms with van der Waals surface area (Å²) in [4.78, 5) is 42.6. The molecule has 3 aromatic rings. The van der Waals surface area contributed by atoms with Gasteiger partial charge in [-0.05, 0) is 32.8 Å². The molecule has 9 nitrogen and oxygen atoms in total. The molecule has 0 spiro atoms. The van der Waals surface area contributed by atoms with E-state index in [1.807, 2.05) is 6.92 Å². The summed E-state index contributed by atoms with van der Waals surface area (Å²) < 4.78 is 57.2. The van der Waals surface area contributed by atoms with Crippen LogP contribution in [-0.4, -0.2) is 45.4 Å². The number of rotatable bonds is 5. The molecule has 38 heavy (non-hydrogen) atoms. The molecule has 2 aromatic heterocycles. The van der Waals surface area contributed by atoms with Gasteiger partial charge in [-0.2, -0.15) is 18.3 Å². The van der Waals surface area contributed by atoms with E-state index >= 15 is 0 Å². The summed E-state index contributed by atoms with van der Waals surface area (Å²) in [5, 5.41) is 7.36. The molecule has 1 N–H and O–H groups in total. The Balaban J connectivity index is 1.72. The standard InChI is InChI=1S/C25H26F4N6O3/c1-13(14-6-5-7-16(18(14)26)25(27,28)29)30-20-15-12-35(24(2)8-9-24)22(37)19(17(15)21(36)33(4)31-20)34-11-10-32(3)23(34)38/h5-7,12-13H,8-11H2,1-4H3,(H,30,31)/t13-/m1/s1. The molecule has 0 bridgehead atoms. The zero-order valence-electron chi connectivity index (χ0n) is 21.2. The third-order valence-corrected chi connectivity index (χ3v) is 7.39. The summed E-state index contributed by atoms with van der Waals surface area (Å²) in [7, 11) is 2.95. The van der Waals surface area contributed by atoms with Gasteiger partial charge in [0.25, 0.3) is 11.1 Å². The Hall–Kier alpha value is -3.90. The summed E-state index contributed by atoms with van der Waals surface area (Å²) in [5.74, 6) is -1.35. The van der Waals surface area contributed by atoms with E-state index in [9.17, 15) is 31.9 Å². The van der Waals surface area contributed by atoms with Gasteiger partial charge in [0.05, 0.1) is 22.4 Å². The summed E-state index contributed by atoms with van der Waals surface area (Å²) in [5.41, 5.74) is -3.35. The number of nitrogens with one attached hydrogen (secondary N) is 1. The number of carbonyl (C=O) groups excluding carboxylic acids is 1. The Morgan fingerprint density at radius 2 is 1.76 bits per heavy atom. The number of anilines is 2. The van der Waals surface area contributed by atoms with Gasteiger partial charge in [0.1, 0.15) is 11.5 Å². The van der Waals surface area contributed by atoms with Crippen molar-refractivity contribution in [1.29, 1.82) is 0 Å². The highest BCUT2D eigenvalue weighted by Crippen LogP contribution is 2.43. The lowest BCUT2D eigenvalue weighted by Crippen LogP contribution is -2.39. The first-order valence-corrected chi connectivity index (χ1v) is 12.1. The van der Waals surface area contributed by atoms with Crippen LogP contribution in [0.3, 0.4) is 0 Å². The van der Waals surface area contributed by atoms with E-state index in [0.29, 0.717) is 25.5 Å². The highest BCUT2D eigenvalue weighted by Gasteiger charge is 2.42. The van der Waals surface area contributed by atoms with Gasteiger partial charge in [-0.3, -0.25) is 14.5 Å². The van der Waals surface area contributed by atoms with Gasteiger partial charge >= 0.3 is 12.2 Å². The molecule has 2 aliphatic rings. The van der Waals surface area contributed by atoms with Gasteiger partial charge in [0, 0.05) is 44.5 Å². The molecule has 1 aromatic carbocycles. The normalized spacial score (nSPS) is 17.8. The number of hydrogen-bond acceptors (Lipinski definition) is 5. The number of carbonyl (C=O) groups is 1. The van der Waals surface area contributed by atoms with Crippen molar-refractivity contribution in [2.24, 2.45) is 7.05 Å². The maximum Gasteiger partial charge on any atom is 0.419 e. The maximum atomic E-state index is 14.9. The van der Waals surface area contributed by atoms with Crippen molar-refractivity contribution in [3.63, 3.8) is 0 Å². The van der Waals surface area contributed by atoms with E-state index in [-0.39, 0.29) is 34.4 Å².